The number of nitrogen functional groups attached to an aromatic ring is 1. The van der Waals surface area contributed by atoms with Gasteiger partial charge in [-0.15, -0.1) is 0 Å². The zero-order valence-corrected chi connectivity index (χ0v) is 11.7. The molecule has 0 bridgehead atoms. The highest BCUT2D eigenvalue weighted by Crippen LogP contribution is 2.21. The van der Waals surface area contributed by atoms with Crippen LogP contribution in [0.4, 0.5) is 11.4 Å². The van der Waals surface area contributed by atoms with Crippen molar-refractivity contribution in [3.63, 3.8) is 0 Å². The number of halogens is 1. The molecule has 0 aliphatic carbocycles. The highest BCUT2D eigenvalue weighted by molar-refractivity contribution is 6.34. The van der Waals surface area contributed by atoms with Gasteiger partial charge in [0.2, 0.25) is 0 Å². The number of hydrogen-bond acceptors (Lipinski definition) is 3. The number of carbonyl (C=O) groups is 1. The average Bonchev–Trinajstić information content (AvgIpc) is 2.39. The summed E-state index contributed by atoms with van der Waals surface area (Å²) >= 11 is 5.98. The first-order chi connectivity index (χ1) is 9.47. The van der Waals surface area contributed by atoms with Gasteiger partial charge in [-0.1, -0.05) is 23.7 Å². The largest absolute Gasteiger partial charge is 0.399 e. The zero-order chi connectivity index (χ0) is 14.7. The van der Waals surface area contributed by atoms with Crippen molar-refractivity contribution in [2.45, 2.75) is 13.0 Å². The lowest BCUT2D eigenvalue weighted by molar-refractivity contribution is 0.102. The molecule has 2 rings (SSSR count). The van der Waals surface area contributed by atoms with Gasteiger partial charge in [0.15, 0.2) is 0 Å². The summed E-state index contributed by atoms with van der Waals surface area (Å²) in [5.41, 5.74) is 7.87. The van der Waals surface area contributed by atoms with Gasteiger partial charge in [-0.05, 0) is 42.8 Å². The normalized spacial score (nSPS) is 11.9. The number of aliphatic hydroxyl groups is 1. The lowest BCUT2D eigenvalue weighted by atomic mass is 10.1. The molecule has 0 aromatic heterocycles. The molecule has 2 aromatic carbocycles. The number of nitrogens with two attached hydrogens (primary N) is 1. The Morgan fingerprint density at radius 3 is 2.45 bits per heavy atom. The van der Waals surface area contributed by atoms with E-state index < -0.39 is 6.10 Å². The van der Waals surface area contributed by atoms with Crippen molar-refractivity contribution < 1.29 is 9.90 Å². The van der Waals surface area contributed by atoms with Crippen LogP contribution in [0.1, 0.15) is 28.9 Å². The van der Waals surface area contributed by atoms with E-state index in [4.69, 9.17) is 17.3 Å². The molecule has 0 heterocycles. The van der Waals surface area contributed by atoms with E-state index in [1.807, 2.05) is 0 Å². The van der Waals surface area contributed by atoms with E-state index in [2.05, 4.69) is 5.32 Å². The third kappa shape index (κ3) is 3.29. The molecule has 20 heavy (non-hydrogen) atoms. The second-order valence-electron chi connectivity index (χ2n) is 4.49. The van der Waals surface area contributed by atoms with Crippen LogP contribution >= 0.6 is 11.6 Å². The predicted octanol–water partition coefficient (Wildman–Crippen LogP) is 3.23. The van der Waals surface area contributed by atoms with E-state index in [9.17, 15) is 9.90 Å². The topological polar surface area (TPSA) is 75.3 Å². The highest BCUT2D eigenvalue weighted by Gasteiger charge is 2.11. The lowest BCUT2D eigenvalue weighted by Crippen LogP contribution is -2.12. The Bertz CT molecular complexity index is 624. The average molecular weight is 291 g/mol. The van der Waals surface area contributed by atoms with Crippen molar-refractivity contribution in [3.8, 4) is 0 Å². The number of rotatable bonds is 3. The van der Waals surface area contributed by atoms with Gasteiger partial charge in [0, 0.05) is 11.4 Å². The molecule has 0 unspecified atom stereocenters. The number of hydrogen-bond donors (Lipinski definition) is 3. The van der Waals surface area contributed by atoms with Crippen LogP contribution < -0.4 is 11.1 Å². The molecule has 5 heteroatoms. The molecular weight excluding hydrogens is 276 g/mol. The summed E-state index contributed by atoms with van der Waals surface area (Å²) in [6.07, 6.45) is -0.536. The van der Waals surface area contributed by atoms with Gasteiger partial charge in [-0.3, -0.25) is 4.79 Å². The SMILES string of the molecule is C[C@H](O)c1ccc(NC(=O)c2ccc(N)cc2Cl)cc1. The lowest BCUT2D eigenvalue weighted by Gasteiger charge is -2.09. The van der Waals surface area contributed by atoms with Gasteiger partial charge in [0.25, 0.3) is 5.91 Å². The molecule has 0 fully saturated rings. The van der Waals surface area contributed by atoms with E-state index in [1.165, 1.54) is 6.07 Å². The smallest absolute Gasteiger partial charge is 0.257 e. The molecular formula is C15H15ClN2O2. The van der Waals surface area contributed by atoms with Crippen molar-refractivity contribution in [3.05, 3.63) is 58.6 Å². The van der Waals surface area contributed by atoms with E-state index in [0.29, 0.717) is 22.0 Å². The third-order valence-electron chi connectivity index (χ3n) is 2.89. The first kappa shape index (κ1) is 14.4. The fraction of sp³-hybridized carbons (Fsp3) is 0.133. The Balaban J connectivity index is 2.15. The fourth-order valence-corrected chi connectivity index (χ4v) is 2.03. The van der Waals surface area contributed by atoms with Crippen LogP contribution in [0, 0.1) is 0 Å². The van der Waals surface area contributed by atoms with Crippen molar-refractivity contribution in [1.82, 2.24) is 0 Å². The van der Waals surface area contributed by atoms with Crippen LogP contribution in [-0.4, -0.2) is 11.0 Å². The molecule has 2 aromatic rings. The minimum Gasteiger partial charge on any atom is -0.399 e. The number of amides is 1. The van der Waals surface area contributed by atoms with Crippen LogP contribution in [0.3, 0.4) is 0 Å². The molecule has 0 spiro atoms. The number of nitrogens with one attached hydrogen (secondary N) is 1. The number of carbonyl (C=O) groups excluding carboxylic acids is 1. The maximum absolute atomic E-state index is 12.1. The molecule has 1 atom stereocenters. The summed E-state index contributed by atoms with van der Waals surface area (Å²) in [6, 6.07) is 11.7. The monoisotopic (exact) mass is 290 g/mol. The molecule has 0 radical (unpaired) electrons. The van der Waals surface area contributed by atoms with Crippen LogP contribution in [0.25, 0.3) is 0 Å². The van der Waals surface area contributed by atoms with Gasteiger partial charge in [-0.25, -0.2) is 0 Å². The Morgan fingerprint density at radius 2 is 1.90 bits per heavy atom. The summed E-state index contributed by atoms with van der Waals surface area (Å²) in [5, 5.41) is 12.5. The first-order valence-corrected chi connectivity index (χ1v) is 6.49. The number of anilines is 2. The maximum Gasteiger partial charge on any atom is 0.257 e. The summed E-state index contributed by atoms with van der Waals surface area (Å²) in [4.78, 5) is 12.1. The fourth-order valence-electron chi connectivity index (χ4n) is 1.76. The summed E-state index contributed by atoms with van der Waals surface area (Å²) in [5.74, 6) is -0.306. The zero-order valence-electron chi connectivity index (χ0n) is 10.9. The number of aliphatic hydroxyl groups excluding tert-OH is 1. The quantitative estimate of drug-likeness (QED) is 0.760. The van der Waals surface area contributed by atoms with E-state index in [1.54, 1.807) is 43.3 Å². The Morgan fingerprint density at radius 1 is 1.25 bits per heavy atom. The minimum atomic E-state index is -0.536. The molecule has 104 valence electrons. The van der Waals surface area contributed by atoms with E-state index in [-0.39, 0.29) is 5.91 Å². The number of benzene rings is 2. The van der Waals surface area contributed by atoms with E-state index >= 15 is 0 Å². The molecule has 4 N–H and O–H groups in total. The Kier molecular flexibility index (Phi) is 4.27. The van der Waals surface area contributed by atoms with Crippen molar-refractivity contribution >= 4 is 28.9 Å². The van der Waals surface area contributed by atoms with Gasteiger partial charge < -0.3 is 16.2 Å². The van der Waals surface area contributed by atoms with Gasteiger partial charge in [-0.2, -0.15) is 0 Å². The van der Waals surface area contributed by atoms with Crippen molar-refractivity contribution in [1.29, 1.82) is 0 Å². The van der Waals surface area contributed by atoms with Crippen LogP contribution in [-0.2, 0) is 0 Å². The van der Waals surface area contributed by atoms with Crippen LogP contribution in [0.5, 0.6) is 0 Å². The highest BCUT2D eigenvalue weighted by atomic mass is 35.5. The summed E-state index contributed by atoms with van der Waals surface area (Å²) < 4.78 is 0. The second kappa shape index (κ2) is 5.94. The van der Waals surface area contributed by atoms with Crippen LogP contribution in [0.15, 0.2) is 42.5 Å². The van der Waals surface area contributed by atoms with Crippen molar-refractivity contribution in [2.24, 2.45) is 0 Å². The van der Waals surface area contributed by atoms with Crippen LogP contribution in [0.2, 0.25) is 5.02 Å². The molecule has 0 saturated heterocycles. The molecule has 0 aliphatic rings. The second-order valence-corrected chi connectivity index (χ2v) is 4.90. The van der Waals surface area contributed by atoms with Gasteiger partial charge in [0.05, 0.1) is 16.7 Å². The van der Waals surface area contributed by atoms with Crippen molar-refractivity contribution in [2.75, 3.05) is 11.1 Å². The Labute approximate surface area is 122 Å². The third-order valence-corrected chi connectivity index (χ3v) is 3.20. The molecule has 1 amide bonds. The standard InChI is InChI=1S/C15H15ClN2O2/c1-9(19)10-2-5-12(6-3-10)18-15(20)13-7-4-11(17)8-14(13)16/h2-9,19H,17H2,1H3,(H,18,20)/t9-/m0/s1. The maximum atomic E-state index is 12.1. The first-order valence-electron chi connectivity index (χ1n) is 6.12. The summed E-state index contributed by atoms with van der Waals surface area (Å²) in [7, 11) is 0. The van der Waals surface area contributed by atoms with Gasteiger partial charge >= 0.3 is 0 Å². The predicted molar refractivity (Wildman–Crippen MR) is 80.9 cm³/mol. The minimum absolute atomic E-state index is 0.306. The molecule has 4 nitrogen and oxygen atoms in total. The molecule has 0 aliphatic heterocycles. The summed E-state index contributed by atoms with van der Waals surface area (Å²) in [6.45, 7) is 1.68. The van der Waals surface area contributed by atoms with E-state index in [0.717, 1.165) is 5.56 Å². The Hall–Kier alpha value is -2.04. The van der Waals surface area contributed by atoms with Gasteiger partial charge in [0.1, 0.15) is 0 Å². The molecule has 0 saturated carbocycles.